The van der Waals surface area contributed by atoms with E-state index in [1.165, 1.54) is 21.0 Å². The molecule has 0 aliphatic rings. The fourth-order valence-electron chi connectivity index (χ4n) is 2.22. The fourth-order valence-corrected chi connectivity index (χ4v) is 3.23. The molecule has 2 aromatic rings. The summed E-state index contributed by atoms with van der Waals surface area (Å²) in [5.74, 6) is 0.662. The number of hydrogen-bond acceptors (Lipinski definition) is 3. The molecule has 1 aromatic carbocycles. The van der Waals surface area contributed by atoms with Crippen molar-refractivity contribution in [1.82, 2.24) is 15.1 Å². The summed E-state index contributed by atoms with van der Waals surface area (Å²) in [6, 6.07) is 8.66. The maximum atomic E-state index is 4.58. The summed E-state index contributed by atoms with van der Waals surface area (Å²) >= 11 is 1.79. The third kappa shape index (κ3) is 4.35. The molecule has 4 heteroatoms. The molecule has 0 radical (unpaired) electrons. The molecule has 0 saturated heterocycles. The van der Waals surface area contributed by atoms with Gasteiger partial charge >= 0.3 is 0 Å². The van der Waals surface area contributed by atoms with Gasteiger partial charge in [-0.05, 0) is 38.4 Å². The van der Waals surface area contributed by atoms with Crippen LogP contribution in [0.1, 0.15) is 30.7 Å². The first-order valence-corrected chi connectivity index (χ1v) is 8.26. The highest BCUT2D eigenvalue weighted by molar-refractivity contribution is 7.99. The Labute approximate surface area is 132 Å². The summed E-state index contributed by atoms with van der Waals surface area (Å²) in [5.41, 5.74) is 3.71. The van der Waals surface area contributed by atoms with Crippen LogP contribution in [-0.4, -0.2) is 16.3 Å². The maximum Gasteiger partial charge on any atom is 0.103 e. The molecule has 0 aliphatic carbocycles. The van der Waals surface area contributed by atoms with Crippen LogP contribution in [0.25, 0.3) is 0 Å². The van der Waals surface area contributed by atoms with Gasteiger partial charge in [0.25, 0.3) is 0 Å². The molecule has 0 bridgehead atoms. The first kappa shape index (κ1) is 16.1. The van der Waals surface area contributed by atoms with Crippen molar-refractivity contribution in [2.24, 2.45) is 13.0 Å². The van der Waals surface area contributed by atoms with E-state index in [1.807, 2.05) is 11.7 Å². The molecule has 0 aliphatic heterocycles. The van der Waals surface area contributed by atoms with Gasteiger partial charge < -0.3 is 5.32 Å². The van der Waals surface area contributed by atoms with Gasteiger partial charge in [-0.15, -0.1) is 0 Å². The molecule has 21 heavy (non-hydrogen) atoms. The lowest BCUT2D eigenvalue weighted by molar-refractivity contribution is 0.548. The lowest BCUT2D eigenvalue weighted by Crippen LogP contribution is -2.19. The fraction of sp³-hybridized carbons (Fsp3) is 0.471. The molecule has 2 rings (SSSR count). The number of rotatable bonds is 6. The van der Waals surface area contributed by atoms with E-state index in [0.29, 0.717) is 5.92 Å². The van der Waals surface area contributed by atoms with Crippen molar-refractivity contribution in [1.29, 1.82) is 0 Å². The first-order chi connectivity index (χ1) is 9.97. The largest absolute Gasteiger partial charge is 0.312 e. The highest BCUT2D eigenvalue weighted by Crippen LogP contribution is 2.31. The van der Waals surface area contributed by atoms with Crippen LogP contribution < -0.4 is 5.32 Å². The van der Waals surface area contributed by atoms with E-state index in [9.17, 15) is 0 Å². The van der Waals surface area contributed by atoms with Gasteiger partial charge in [0.2, 0.25) is 0 Å². The molecule has 0 saturated carbocycles. The molecule has 0 unspecified atom stereocenters. The molecular weight excluding hydrogens is 278 g/mol. The Bertz CT molecular complexity index is 585. The first-order valence-electron chi connectivity index (χ1n) is 7.45. The van der Waals surface area contributed by atoms with E-state index in [0.717, 1.165) is 18.8 Å². The summed E-state index contributed by atoms with van der Waals surface area (Å²) < 4.78 is 1.99. The van der Waals surface area contributed by atoms with Crippen LogP contribution in [0.4, 0.5) is 0 Å². The Morgan fingerprint density at radius 1 is 1.19 bits per heavy atom. The zero-order valence-corrected chi connectivity index (χ0v) is 14.4. The van der Waals surface area contributed by atoms with Crippen LogP contribution in [0.5, 0.6) is 0 Å². The monoisotopic (exact) mass is 303 g/mol. The Hall–Kier alpha value is -1.26. The highest BCUT2D eigenvalue weighted by atomic mass is 32.2. The second kappa shape index (κ2) is 7.14. The molecule has 1 heterocycles. The van der Waals surface area contributed by atoms with Crippen LogP contribution in [0.3, 0.4) is 0 Å². The molecule has 0 fully saturated rings. The minimum absolute atomic E-state index is 0.662. The van der Waals surface area contributed by atoms with Gasteiger partial charge in [-0.3, -0.25) is 4.68 Å². The van der Waals surface area contributed by atoms with Gasteiger partial charge in [0, 0.05) is 24.1 Å². The highest BCUT2D eigenvalue weighted by Gasteiger charge is 2.14. The molecule has 114 valence electrons. The van der Waals surface area contributed by atoms with Gasteiger partial charge in [0.15, 0.2) is 0 Å². The number of benzene rings is 1. The van der Waals surface area contributed by atoms with Crippen LogP contribution in [0, 0.1) is 19.8 Å². The van der Waals surface area contributed by atoms with E-state index in [2.05, 4.69) is 62.4 Å². The van der Waals surface area contributed by atoms with Crippen molar-refractivity contribution >= 4 is 11.8 Å². The Balaban J connectivity index is 2.16. The predicted octanol–water partition coefficient (Wildman–Crippen LogP) is 3.93. The van der Waals surface area contributed by atoms with Gasteiger partial charge in [-0.1, -0.05) is 43.3 Å². The summed E-state index contributed by atoms with van der Waals surface area (Å²) in [4.78, 5) is 1.26. The number of aryl methyl sites for hydroxylation is 3. The zero-order valence-electron chi connectivity index (χ0n) is 13.6. The average molecular weight is 303 g/mol. The quantitative estimate of drug-likeness (QED) is 0.877. The zero-order chi connectivity index (χ0) is 15.4. The topological polar surface area (TPSA) is 29.9 Å². The molecule has 0 atom stereocenters. The minimum Gasteiger partial charge on any atom is -0.312 e. The Morgan fingerprint density at radius 3 is 2.48 bits per heavy atom. The Morgan fingerprint density at radius 2 is 1.86 bits per heavy atom. The summed E-state index contributed by atoms with van der Waals surface area (Å²) in [7, 11) is 2.02. The number of nitrogens with one attached hydrogen (secondary N) is 1. The molecule has 1 aromatic heterocycles. The van der Waals surface area contributed by atoms with E-state index in [4.69, 9.17) is 0 Å². The van der Waals surface area contributed by atoms with Crippen molar-refractivity contribution in [3.05, 3.63) is 41.1 Å². The lowest BCUT2D eigenvalue weighted by atomic mass is 10.2. The van der Waals surface area contributed by atoms with Crippen molar-refractivity contribution in [2.45, 2.75) is 44.2 Å². The molecule has 0 spiro atoms. The van der Waals surface area contributed by atoms with Gasteiger partial charge in [-0.2, -0.15) is 5.10 Å². The standard InChI is InChI=1S/C17H25N3S/c1-12(2)10-18-11-16-14(4)19-20(5)17(16)21-15-8-6-13(3)7-9-15/h6-9,12,18H,10-11H2,1-5H3. The van der Waals surface area contributed by atoms with Crippen molar-refractivity contribution in [3.63, 3.8) is 0 Å². The molecular formula is C17H25N3S. The summed E-state index contributed by atoms with van der Waals surface area (Å²) in [6.45, 7) is 10.6. The van der Waals surface area contributed by atoms with Crippen molar-refractivity contribution in [2.75, 3.05) is 6.54 Å². The second-order valence-corrected chi connectivity index (χ2v) is 6.99. The minimum atomic E-state index is 0.662. The van der Waals surface area contributed by atoms with E-state index in [-0.39, 0.29) is 0 Å². The van der Waals surface area contributed by atoms with E-state index >= 15 is 0 Å². The molecule has 3 nitrogen and oxygen atoms in total. The van der Waals surface area contributed by atoms with Crippen LogP contribution in [0.2, 0.25) is 0 Å². The molecule has 0 amide bonds. The number of hydrogen-bond donors (Lipinski definition) is 1. The number of nitrogens with zero attached hydrogens (tertiary/aromatic N) is 2. The third-order valence-corrected chi connectivity index (χ3v) is 4.59. The van der Waals surface area contributed by atoms with Crippen molar-refractivity contribution < 1.29 is 0 Å². The van der Waals surface area contributed by atoms with Gasteiger partial charge in [-0.25, -0.2) is 0 Å². The normalized spacial score (nSPS) is 11.3. The van der Waals surface area contributed by atoms with Crippen LogP contribution in [-0.2, 0) is 13.6 Å². The van der Waals surface area contributed by atoms with Gasteiger partial charge in [0.05, 0.1) is 5.69 Å². The van der Waals surface area contributed by atoms with E-state index in [1.54, 1.807) is 11.8 Å². The maximum absolute atomic E-state index is 4.58. The lowest BCUT2D eigenvalue weighted by Gasteiger charge is -2.10. The van der Waals surface area contributed by atoms with E-state index < -0.39 is 0 Å². The SMILES string of the molecule is Cc1ccc(Sc2c(CNCC(C)C)c(C)nn2C)cc1. The van der Waals surface area contributed by atoms with Crippen molar-refractivity contribution in [3.8, 4) is 0 Å². The third-order valence-electron chi connectivity index (χ3n) is 3.38. The summed E-state index contributed by atoms with van der Waals surface area (Å²) in [5, 5.41) is 9.33. The number of aromatic nitrogens is 2. The smallest absolute Gasteiger partial charge is 0.103 e. The van der Waals surface area contributed by atoms with Crippen LogP contribution >= 0.6 is 11.8 Å². The van der Waals surface area contributed by atoms with Crippen LogP contribution in [0.15, 0.2) is 34.2 Å². The second-order valence-electron chi connectivity index (χ2n) is 5.93. The average Bonchev–Trinajstić information content (AvgIpc) is 2.68. The summed E-state index contributed by atoms with van der Waals surface area (Å²) in [6.07, 6.45) is 0. The predicted molar refractivity (Wildman–Crippen MR) is 89.8 cm³/mol. The van der Waals surface area contributed by atoms with Gasteiger partial charge in [0.1, 0.15) is 5.03 Å². The Kier molecular flexibility index (Phi) is 5.48. The molecule has 1 N–H and O–H groups in total.